The van der Waals surface area contributed by atoms with Crippen molar-refractivity contribution in [3.63, 3.8) is 0 Å². The van der Waals surface area contributed by atoms with Crippen LogP contribution >= 0.6 is 15.9 Å². The predicted molar refractivity (Wildman–Crippen MR) is 78.4 cm³/mol. The number of aromatic nitrogens is 2. The van der Waals surface area contributed by atoms with Crippen molar-refractivity contribution in [3.05, 3.63) is 35.0 Å². The van der Waals surface area contributed by atoms with Crippen LogP contribution in [0.25, 0.3) is 0 Å². The van der Waals surface area contributed by atoms with Gasteiger partial charge in [-0.25, -0.2) is 4.68 Å². The highest BCUT2D eigenvalue weighted by molar-refractivity contribution is 9.08. The number of aryl methyl sites for hydroxylation is 3. The molecule has 0 radical (unpaired) electrons. The Morgan fingerprint density at radius 3 is 2.63 bits per heavy atom. The van der Waals surface area contributed by atoms with E-state index in [1.807, 2.05) is 39.1 Å². The van der Waals surface area contributed by atoms with Gasteiger partial charge >= 0.3 is 0 Å². The van der Waals surface area contributed by atoms with Gasteiger partial charge in [0.25, 0.3) is 0 Å². The Kier molecular flexibility index (Phi) is 4.14. The maximum atomic E-state index is 5.97. The fourth-order valence-corrected chi connectivity index (χ4v) is 2.57. The van der Waals surface area contributed by atoms with E-state index in [0.717, 1.165) is 28.5 Å². The van der Waals surface area contributed by atoms with Gasteiger partial charge in [-0.2, -0.15) is 5.10 Å². The molecule has 4 nitrogen and oxygen atoms in total. The third kappa shape index (κ3) is 2.76. The van der Waals surface area contributed by atoms with Crippen LogP contribution in [0, 0.1) is 13.8 Å². The van der Waals surface area contributed by atoms with Gasteiger partial charge in [0, 0.05) is 17.9 Å². The van der Waals surface area contributed by atoms with Gasteiger partial charge in [0.2, 0.25) is 5.88 Å². The molecule has 0 aliphatic carbocycles. The van der Waals surface area contributed by atoms with E-state index in [1.54, 1.807) is 11.8 Å². The van der Waals surface area contributed by atoms with Crippen LogP contribution in [-0.4, -0.2) is 16.9 Å². The molecule has 0 aliphatic rings. The second-order valence-electron chi connectivity index (χ2n) is 4.38. The molecule has 19 heavy (non-hydrogen) atoms. The molecule has 0 saturated carbocycles. The molecule has 102 valence electrons. The van der Waals surface area contributed by atoms with Crippen molar-refractivity contribution >= 4 is 15.9 Å². The molecule has 0 amide bonds. The summed E-state index contributed by atoms with van der Waals surface area (Å²) < 4.78 is 13.1. The number of hydrogen-bond donors (Lipinski definition) is 0. The molecule has 0 bridgehead atoms. The quantitative estimate of drug-likeness (QED) is 0.804. The number of benzene rings is 1. The fraction of sp³-hybridized carbons (Fsp3) is 0.357. The molecule has 0 N–H and O–H groups in total. The van der Waals surface area contributed by atoms with Crippen molar-refractivity contribution in [3.8, 4) is 17.4 Å². The van der Waals surface area contributed by atoms with Gasteiger partial charge < -0.3 is 9.47 Å². The number of methoxy groups -OCH3 is 1. The predicted octanol–water partition coefficient (Wildman–Crippen LogP) is 3.73. The van der Waals surface area contributed by atoms with Gasteiger partial charge in [0.1, 0.15) is 0 Å². The van der Waals surface area contributed by atoms with E-state index in [4.69, 9.17) is 9.47 Å². The molecule has 0 unspecified atom stereocenters. The second kappa shape index (κ2) is 5.65. The molecule has 0 aliphatic heterocycles. The molecular formula is C14H17BrN2O2. The SMILES string of the molecule is COc1cc(C)ccc1Oc1c(CBr)c(C)nn1C. The van der Waals surface area contributed by atoms with Crippen LogP contribution < -0.4 is 9.47 Å². The molecule has 1 aromatic carbocycles. The zero-order valence-electron chi connectivity index (χ0n) is 11.5. The van der Waals surface area contributed by atoms with Crippen LogP contribution in [0.1, 0.15) is 16.8 Å². The van der Waals surface area contributed by atoms with Gasteiger partial charge in [-0.15, -0.1) is 0 Å². The first-order chi connectivity index (χ1) is 9.06. The third-order valence-corrected chi connectivity index (χ3v) is 3.51. The Bertz CT molecular complexity index is 593. The summed E-state index contributed by atoms with van der Waals surface area (Å²) in [5.74, 6) is 2.15. The van der Waals surface area contributed by atoms with Gasteiger partial charge in [-0.05, 0) is 31.5 Å². The van der Waals surface area contributed by atoms with E-state index < -0.39 is 0 Å². The maximum Gasteiger partial charge on any atom is 0.222 e. The summed E-state index contributed by atoms with van der Waals surface area (Å²) >= 11 is 3.47. The van der Waals surface area contributed by atoms with Crippen molar-refractivity contribution in [1.82, 2.24) is 9.78 Å². The van der Waals surface area contributed by atoms with Crippen molar-refractivity contribution in [1.29, 1.82) is 0 Å². The van der Waals surface area contributed by atoms with E-state index in [2.05, 4.69) is 21.0 Å². The number of rotatable bonds is 4. The van der Waals surface area contributed by atoms with Crippen LogP contribution in [0.4, 0.5) is 0 Å². The maximum absolute atomic E-state index is 5.97. The highest BCUT2D eigenvalue weighted by atomic mass is 79.9. The summed E-state index contributed by atoms with van der Waals surface area (Å²) in [7, 11) is 3.51. The first-order valence-corrected chi connectivity index (χ1v) is 7.10. The lowest BCUT2D eigenvalue weighted by Crippen LogP contribution is -1.98. The average molecular weight is 325 g/mol. The number of alkyl halides is 1. The number of halogens is 1. The molecule has 2 aromatic rings. The largest absolute Gasteiger partial charge is 0.493 e. The summed E-state index contributed by atoms with van der Waals surface area (Å²) in [6.07, 6.45) is 0. The van der Waals surface area contributed by atoms with E-state index in [9.17, 15) is 0 Å². The minimum Gasteiger partial charge on any atom is -0.493 e. The molecule has 0 spiro atoms. The Morgan fingerprint density at radius 1 is 1.26 bits per heavy atom. The molecule has 1 heterocycles. The highest BCUT2D eigenvalue weighted by Gasteiger charge is 2.16. The van der Waals surface area contributed by atoms with Crippen LogP contribution in [0.2, 0.25) is 0 Å². The normalized spacial score (nSPS) is 10.6. The first-order valence-electron chi connectivity index (χ1n) is 5.97. The molecule has 0 saturated heterocycles. The lowest BCUT2D eigenvalue weighted by atomic mass is 10.2. The van der Waals surface area contributed by atoms with Crippen LogP contribution in [-0.2, 0) is 12.4 Å². The molecular weight excluding hydrogens is 308 g/mol. The highest BCUT2D eigenvalue weighted by Crippen LogP contribution is 2.35. The smallest absolute Gasteiger partial charge is 0.222 e. The summed E-state index contributed by atoms with van der Waals surface area (Å²) in [5, 5.41) is 5.08. The van der Waals surface area contributed by atoms with Gasteiger partial charge in [-0.3, -0.25) is 0 Å². The summed E-state index contributed by atoms with van der Waals surface area (Å²) in [4.78, 5) is 0. The molecule has 2 rings (SSSR count). The second-order valence-corrected chi connectivity index (χ2v) is 4.94. The average Bonchev–Trinajstić information content (AvgIpc) is 2.65. The number of ether oxygens (including phenoxy) is 2. The third-order valence-electron chi connectivity index (χ3n) is 2.95. The van der Waals surface area contributed by atoms with Crippen LogP contribution in [0.3, 0.4) is 0 Å². The Morgan fingerprint density at radius 2 is 2.00 bits per heavy atom. The molecule has 0 atom stereocenters. The van der Waals surface area contributed by atoms with Gasteiger partial charge in [-0.1, -0.05) is 22.0 Å². The van der Waals surface area contributed by atoms with E-state index in [0.29, 0.717) is 11.1 Å². The minimum absolute atomic E-state index is 0.693. The van der Waals surface area contributed by atoms with Gasteiger partial charge in [0.05, 0.1) is 12.8 Å². The molecule has 1 aromatic heterocycles. The Labute approximate surface area is 121 Å². The van der Waals surface area contributed by atoms with Crippen molar-refractivity contribution in [2.24, 2.45) is 7.05 Å². The van der Waals surface area contributed by atoms with E-state index >= 15 is 0 Å². The first kappa shape index (κ1) is 13.9. The molecule has 0 fully saturated rings. The van der Waals surface area contributed by atoms with E-state index in [-0.39, 0.29) is 0 Å². The fourth-order valence-electron chi connectivity index (χ4n) is 1.93. The minimum atomic E-state index is 0.693. The Hall–Kier alpha value is -1.49. The monoisotopic (exact) mass is 324 g/mol. The van der Waals surface area contributed by atoms with Crippen LogP contribution in [0.15, 0.2) is 18.2 Å². The lowest BCUT2D eigenvalue weighted by molar-refractivity contribution is 0.364. The summed E-state index contributed by atoms with van der Waals surface area (Å²) in [6, 6.07) is 5.86. The summed E-state index contributed by atoms with van der Waals surface area (Å²) in [6.45, 7) is 3.99. The zero-order chi connectivity index (χ0) is 14.0. The lowest BCUT2D eigenvalue weighted by Gasteiger charge is -2.12. The molecule has 5 heteroatoms. The van der Waals surface area contributed by atoms with Gasteiger partial charge in [0.15, 0.2) is 11.5 Å². The van der Waals surface area contributed by atoms with Crippen LogP contribution in [0.5, 0.6) is 17.4 Å². The topological polar surface area (TPSA) is 36.3 Å². The van der Waals surface area contributed by atoms with E-state index in [1.165, 1.54) is 0 Å². The zero-order valence-corrected chi connectivity index (χ0v) is 13.1. The van der Waals surface area contributed by atoms with Crippen molar-refractivity contribution < 1.29 is 9.47 Å². The summed E-state index contributed by atoms with van der Waals surface area (Å²) in [5.41, 5.74) is 3.14. The van der Waals surface area contributed by atoms with Crippen molar-refractivity contribution in [2.75, 3.05) is 7.11 Å². The standard InChI is InChI=1S/C14H17BrN2O2/c1-9-5-6-12(13(7-9)18-4)19-14-11(8-15)10(2)16-17(14)3/h5-7H,8H2,1-4H3. The van der Waals surface area contributed by atoms with Crippen molar-refractivity contribution in [2.45, 2.75) is 19.2 Å². The Balaban J connectivity index is 2.41. The number of nitrogens with zero attached hydrogens (tertiary/aromatic N) is 2. The number of hydrogen-bond acceptors (Lipinski definition) is 3.